The summed E-state index contributed by atoms with van der Waals surface area (Å²) in [5.74, 6) is 0.231. The topological polar surface area (TPSA) is 28.0 Å². The third kappa shape index (κ3) is 1.10. The van der Waals surface area contributed by atoms with E-state index in [4.69, 9.17) is 0 Å². The molecule has 1 aliphatic heterocycles. The average Bonchev–Trinajstić information content (AvgIpc) is 2.69. The molecule has 2 heteroatoms. The van der Waals surface area contributed by atoms with E-state index < -0.39 is 0 Å². The second-order valence-corrected chi connectivity index (χ2v) is 5.00. The molecule has 0 radical (unpaired) electrons. The lowest BCUT2D eigenvalue weighted by atomic mass is 9.99. The third-order valence-electron chi connectivity index (χ3n) is 4.06. The van der Waals surface area contributed by atoms with Crippen molar-refractivity contribution >= 4 is 16.7 Å². The Morgan fingerprint density at radius 1 is 1.18 bits per heavy atom. The van der Waals surface area contributed by atoms with Crippen LogP contribution in [0.25, 0.3) is 16.7 Å². The van der Waals surface area contributed by atoms with E-state index in [-0.39, 0.29) is 5.76 Å². The zero-order valence-electron chi connectivity index (χ0n) is 9.70. The molecule has 0 fully saturated rings. The summed E-state index contributed by atoms with van der Waals surface area (Å²) in [6.45, 7) is 1.08. The monoisotopic (exact) mass is 224 g/mol. The lowest BCUT2D eigenvalue weighted by Crippen LogP contribution is -2.14. The van der Waals surface area contributed by atoms with E-state index >= 15 is 0 Å². The maximum absolute atomic E-state index is 12.1. The van der Waals surface area contributed by atoms with Gasteiger partial charge in [-0.1, -0.05) is 24.3 Å². The second-order valence-electron chi connectivity index (χ2n) is 5.00. The standard InChI is InChI=1S/C15H15NO/c17-13-8-2-7-12-14(13)11-6-1-4-10-5-3-9-16(12)15(10)11/h1,4,6,8,17H,2-3,5,7,9H2/p-1. The van der Waals surface area contributed by atoms with Gasteiger partial charge in [-0.3, -0.25) is 0 Å². The first-order valence-electron chi connectivity index (χ1n) is 6.37. The van der Waals surface area contributed by atoms with Crippen molar-refractivity contribution in [3.63, 3.8) is 0 Å². The van der Waals surface area contributed by atoms with E-state index in [0.29, 0.717) is 0 Å². The van der Waals surface area contributed by atoms with Crippen LogP contribution in [0.1, 0.15) is 29.7 Å². The van der Waals surface area contributed by atoms with Crippen molar-refractivity contribution in [3.8, 4) is 0 Å². The molecule has 0 atom stereocenters. The van der Waals surface area contributed by atoms with Crippen LogP contribution in [0, 0.1) is 0 Å². The summed E-state index contributed by atoms with van der Waals surface area (Å²) in [5.41, 5.74) is 5.00. The normalized spacial score (nSPS) is 18.0. The number of nitrogens with zero attached hydrogens (tertiary/aromatic N) is 1. The highest BCUT2D eigenvalue weighted by atomic mass is 16.3. The summed E-state index contributed by atoms with van der Waals surface area (Å²) >= 11 is 0. The van der Waals surface area contributed by atoms with Gasteiger partial charge in [0.15, 0.2) is 0 Å². The van der Waals surface area contributed by atoms with Crippen LogP contribution in [0.2, 0.25) is 0 Å². The van der Waals surface area contributed by atoms with Crippen LogP contribution < -0.4 is 5.11 Å². The number of allylic oxidation sites excluding steroid dienone is 1. The summed E-state index contributed by atoms with van der Waals surface area (Å²) in [6, 6.07) is 6.41. The van der Waals surface area contributed by atoms with Crippen LogP contribution >= 0.6 is 0 Å². The third-order valence-corrected chi connectivity index (χ3v) is 4.06. The Balaban J connectivity index is 2.20. The Labute approximate surface area is 100 Å². The number of para-hydroxylation sites is 1. The highest BCUT2D eigenvalue weighted by molar-refractivity contribution is 5.95. The fourth-order valence-corrected chi connectivity index (χ4v) is 3.39. The lowest BCUT2D eigenvalue weighted by Gasteiger charge is -2.21. The molecule has 0 N–H and O–H groups in total. The predicted molar refractivity (Wildman–Crippen MR) is 66.6 cm³/mol. The van der Waals surface area contributed by atoms with Gasteiger partial charge >= 0.3 is 0 Å². The van der Waals surface area contributed by atoms with E-state index in [1.165, 1.54) is 28.6 Å². The molecule has 0 saturated heterocycles. The molecule has 0 spiro atoms. The SMILES string of the molecule is [O-]C1=CCCc2c1c1cccc3c1n2CCC3. The van der Waals surface area contributed by atoms with Gasteiger partial charge in [0.05, 0.1) is 5.52 Å². The smallest absolute Gasteiger partial charge is 0.0521 e. The largest absolute Gasteiger partial charge is 0.872 e. The van der Waals surface area contributed by atoms with Crippen molar-refractivity contribution in [1.82, 2.24) is 4.57 Å². The number of aryl methyl sites for hydroxylation is 2. The van der Waals surface area contributed by atoms with Gasteiger partial charge < -0.3 is 9.67 Å². The fourth-order valence-electron chi connectivity index (χ4n) is 3.39. The summed E-state index contributed by atoms with van der Waals surface area (Å²) in [5, 5.41) is 13.3. The molecule has 17 heavy (non-hydrogen) atoms. The first-order chi connectivity index (χ1) is 8.36. The average molecular weight is 224 g/mol. The number of rotatable bonds is 0. The van der Waals surface area contributed by atoms with Crippen LogP contribution in [0.3, 0.4) is 0 Å². The number of aromatic nitrogens is 1. The first kappa shape index (κ1) is 9.34. The number of hydrogen-bond acceptors (Lipinski definition) is 1. The van der Waals surface area contributed by atoms with Crippen LogP contribution in [-0.4, -0.2) is 4.57 Å². The number of fused-ring (bicyclic) bond motifs is 3. The van der Waals surface area contributed by atoms with E-state index in [1.54, 1.807) is 0 Å². The summed E-state index contributed by atoms with van der Waals surface area (Å²) < 4.78 is 2.40. The lowest BCUT2D eigenvalue weighted by molar-refractivity contribution is -0.244. The van der Waals surface area contributed by atoms with Crippen LogP contribution in [0.4, 0.5) is 0 Å². The van der Waals surface area contributed by atoms with Gasteiger partial charge in [0.25, 0.3) is 0 Å². The van der Waals surface area contributed by atoms with Crippen molar-refractivity contribution in [2.75, 3.05) is 0 Å². The summed E-state index contributed by atoms with van der Waals surface area (Å²) in [4.78, 5) is 0. The predicted octanol–water partition coefficient (Wildman–Crippen LogP) is 2.23. The van der Waals surface area contributed by atoms with Gasteiger partial charge in [-0.25, -0.2) is 0 Å². The molecule has 2 aliphatic rings. The maximum Gasteiger partial charge on any atom is 0.0521 e. The van der Waals surface area contributed by atoms with Crippen molar-refractivity contribution in [2.24, 2.45) is 0 Å². The minimum atomic E-state index is 0.231. The summed E-state index contributed by atoms with van der Waals surface area (Å²) in [7, 11) is 0. The van der Waals surface area contributed by atoms with Crippen molar-refractivity contribution in [3.05, 3.63) is 41.1 Å². The molecule has 2 nitrogen and oxygen atoms in total. The van der Waals surface area contributed by atoms with E-state index in [1.807, 2.05) is 6.08 Å². The van der Waals surface area contributed by atoms with Gasteiger partial charge in [0.1, 0.15) is 0 Å². The number of hydrogen-bond donors (Lipinski definition) is 0. The fraction of sp³-hybridized carbons (Fsp3) is 0.333. The molecular formula is C15H14NO-. The van der Waals surface area contributed by atoms with E-state index in [9.17, 15) is 5.11 Å². The Morgan fingerprint density at radius 3 is 3.06 bits per heavy atom. The van der Waals surface area contributed by atoms with Gasteiger partial charge in [-0.2, -0.15) is 0 Å². The van der Waals surface area contributed by atoms with Crippen LogP contribution in [0.15, 0.2) is 24.3 Å². The first-order valence-corrected chi connectivity index (χ1v) is 6.37. The Hall–Kier alpha value is -1.70. The highest BCUT2D eigenvalue weighted by Crippen LogP contribution is 2.37. The van der Waals surface area contributed by atoms with E-state index in [2.05, 4.69) is 22.8 Å². The maximum atomic E-state index is 12.1. The second kappa shape index (κ2) is 3.16. The minimum absolute atomic E-state index is 0.231. The molecule has 0 saturated carbocycles. The summed E-state index contributed by atoms with van der Waals surface area (Å²) in [6.07, 6.45) is 6.12. The van der Waals surface area contributed by atoms with Crippen LogP contribution in [-0.2, 0) is 19.4 Å². The Kier molecular flexibility index (Phi) is 1.74. The van der Waals surface area contributed by atoms with Crippen molar-refractivity contribution in [2.45, 2.75) is 32.2 Å². The van der Waals surface area contributed by atoms with Gasteiger partial charge in [-0.15, -0.1) is 5.76 Å². The van der Waals surface area contributed by atoms with Crippen LogP contribution in [0.5, 0.6) is 0 Å². The molecule has 1 aromatic heterocycles. The molecule has 0 unspecified atom stereocenters. The van der Waals surface area contributed by atoms with E-state index in [0.717, 1.165) is 31.4 Å². The Bertz CT molecular complexity index is 648. The molecule has 1 aliphatic carbocycles. The molecule has 4 rings (SSSR count). The molecule has 0 bridgehead atoms. The quantitative estimate of drug-likeness (QED) is 0.674. The van der Waals surface area contributed by atoms with Crippen molar-refractivity contribution in [1.29, 1.82) is 0 Å². The highest BCUT2D eigenvalue weighted by Gasteiger charge is 2.22. The van der Waals surface area contributed by atoms with Gasteiger partial charge in [0, 0.05) is 17.6 Å². The Morgan fingerprint density at radius 2 is 2.12 bits per heavy atom. The number of benzene rings is 1. The molecule has 86 valence electrons. The molecular weight excluding hydrogens is 210 g/mol. The minimum Gasteiger partial charge on any atom is -0.872 e. The van der Waals surface area contributed by atoms with Crippen molar-refractivity contribution < 1.29 is 5.11 Å². The molecule has 2 aromatic rings. The molecule has 2 heterocycles. The van der Waals surface area contributed by atoms with Gasteiger partial charge in [-0.05, 0) is 36.8 Å². The molecule has 0 amide bonds. The zero-order valence-corrected chi connectivity index (χ0v) is 9.70. The molecule has 1 aromatic carbocycles. The van der Waals surface area contributed by atoms with Gasteiger partial charge in [0.2, 0.25) is 0 Å². The zero-order chi connectivity index (χ0) is 11.4.